The normalized spacial score (nSPS) is 11.6. The SMILES string of the molecule is CCNC(=O)[C@H](C)N(Cc1ccc(Br)cc1)C(=O)COc1ccccc1C. The van der Waals surface area contributed by atoms with E-state index >= 15 is 0 Å². The van der Waals surface area contributed by atoms with Crippen molar-refractivity contribution in [1.29, 1.82) is 0 Å². The molecule has 0 unspecified atom stereocenters. The van der Waals surface area contributed by atoms with Gasteiger partial charge in [-0.3, -0.25) is 9.59 Å². The van der Waals surface area contributed by atoms with Crippen LogP contribution < -0.4 is 10.1 Å². The smallest absolute Gasteiger partial charge is 0.261 e. The van der Waals surface area contributed by atoms with Crippen molar-refractivity contribution < 1.29 is 14.3 Å². The molecular formula is C21H25BrN2O3. The third-order valence-corrected chi connectivity index (χ3v) is 4.76. The van der Waals surface area contributed by atoms with E-state index in [0.717, 1.165) is 15.6 Å². The number of nitrogens with one attached hydrogen (secondary N) is 1. The van der Waals surface area contributed by atoms with Gasteiger partial charge in [-0.25, -0.2) is 0 Å². The number of aryl methyl sites for hydroxylation is 1. The number of carbonyl (C=O) groups is 2. The Hall–Kier alpha value is -2.34. The summed E-state index contributed by atoms with van der Waals surface area (Å²) < 4.78 is 6.66. The van der Waals surface area contributed by atoms with Crippen LogP contribution in [0.2, 0.25) is 0 Å². The van der Waals surface area contributed by atoms with Gasteiger partial charge >= 0.3 is 0 Å². The highest BCUT2D eigenvalue weighted by Gasteiger charge is 2.26. The van der Waals surface area contributed by atoms with Crippen LogP contribution in [0.25, 0.3) is 0 Å². The van der Waals surface area contributed by atoms with E-state index in [4.69, 9.17) is 4.74 Å². The molecule has 0 fully saturated rings. The topological polar surface area (TPSA) is 58.6 Å². The lowest BCUT2D eigenvalue weighted by atomic mass is 10.1. The summed E-state index contributed by atoms with van der Waals surface area (Å²) in [5.74, 6) is 0.249. The molecule has 6 heteroatoms. The maximum atomic E-state index is 12.9. The molecule has 0 aromatic heterocycles. The number of hydrogen-bond acceptors (Lipinski definition) is 3. The molecule has 0 aliphatic rings. The van der Waals surface area contributed by atoms with Crippen molar-refractivity contribution >= 4 is 27.7 Å². The Morgan fingerprint density at radius 3 is 2.44 bits per heavy atom. The number of benzene rings is 2. The minimum atomic E-state index is -0.596. The average Bonchev–Trinajstić information content (AvgIpc) is 2.66. The van der Waals surface area contributed by atoms with Gasteiger partial charge in [0.2, 0.25) is 5.91 Å². The highest BCUT2D eigenvalue weighted by Crippen LogP contribution is 2.18. The van der Waals surface area contributed by atoms with Gasteiger partial charge in [-0.15, -0.1) is 0 Å². The lowest BCUT2D eigenvalue weighted by Gasteiger charge is -2.28. The predicted octanol–water partition coefficient (Wildman–Crippen LogP) is 3.69. The zero-order chi connectivity index (χ0) is 19.8. The molecule has 2 rings (SSSR count). The minimum absolute atomic E-state index is 0.120. The van der Waals surface area contributed by atoms with Crippen molar-refractivity contribution in [1.82, 2.24) is 10.2 Å². The average molecular weight is 433 g/mol. The second kappa shape index (κ2) is 10.1. The van der Waals surface area contributed by atoms with E-state index < -0.39 is 6.04 Å². The molecule has 0 aliphatic heterocycles. The molecule has 0 bridgehead atoms. The zero-order valence-corrected chi connectivity index (χ0v) is 17.5. The fourth-order valence-corrected chi connectivity index (χ4v) is 2.90. The van der Waals surface area contributed by atoms with Gasteiger partial charge in [0, 0.05) is 17.6 Å². The van der Waals surface area contributed by atoms with Gasteiger partial charge in [0.05, 0.1) is 0 Å². The largest absolute Gasteiger partial charge is 0.484 e. The molecule has 0 aliphatic carbocycles. The minimum Gasteiger partial charge on any atom is -0.484 e. The van der Waals surface area contributed by atoms with Crippen LogP contribution in [-0.2, 0) is 16.1 Å². The highest BCUT2D eigenvalue weighted by atomic mass is 79.9. The van der Waals surface area contributed by atoms with Gasteiger partial charge < -0.3 is 15.0 Å². The van der Waals surface area contributed by atoms with Crippen LogP contribution in [0.3, 0.4) is 0 Å². The molecule has 0 spiro atoms. The van der Waals surface area contributed by atoms with Crippen molar-refractivity contribution in [3.8, 4) is 5.75 Å². The summed E-state index contributed by atoms with van der Waals surface area (Å²) in [7, 11) is 0. The summed E-state index contributed by atoms with van der Waals surface area (Å²) in [4.78, 5) is 26.7. The van der Waals surface area contributed by atoms with E-state index in [9.17, 15) is 9.59 Å². The zero-order valence-electron chi connectivity index (χ0n) is 15.9. The van der Waals surface area contributed by atoms with Crippen LogP contribution in [0.5, 0.6) is 5.75 Å². The highest BCUT2D eigenvalue weighted by molar-refractivity contribution is 9.10. The molecule has 1 atom stereocenters. The molecule has 1 N–H and O–H groups in total. The predicted molar refractivity (Wildman–Crippen MR) is 110 cm³/mol. The van der Waals surface area contributed by atoms with Crippen LogP contribution >= 0.6 is 15.9 Å². The van der Waals surface area contributed by atoms with Gasteiger partial charge in [0.25, 0.3) is 5.91 Å². The number of amides is 2. The Balaban J connectivity index is 2.14. The molecule has 144 valence electrons. The van der Waals surface area contributed by atoms with Crippen molar-refractivity contribution in [2.24, 2.45) is 0 Å². The number of rotatable bonds is 8. The summed E-state index contributed by atoms with van der Waals surface area (Å²) >= 11 is 3.41. The Labute approximate surface area is 168 Å². The van der Waals surface area contributed by atoms with Gasteiger partial charge in [-0.05, 0) is 50.1 Å². The monoisotopic (exact) mass is 432 g/mol. The third-order valence-electron chi connectivity index (χ3n) is 4.23. The van der Waals surface area contributed by atoms with E-state index in [0.29, 0.717) is 18.8 Å². The van der Waals surface area contributed by atoms with Gasteiger partial charge in [-0.2, -0.15) is 0 Å². The molecule has 0 saturated carbocycles. The fourth-order valence-electron chi connectivity index (χ4n) is 2.63. The van der Waals surface area contributed by atoms with Crippen LogP contribution in [0, 0.1) is 6.92 Å². The van der Waals surface area contributed by atoms with Gasteiger partial charge in [0.15, 0.2) is 6.61 Å². The maximum absolute atomic E-state index is 12.9. The Kier molecular flexibility index (Phi) is 7.85. The fraction of sp³-hybridized carbons (Fsp3) is 0.333. The molecule has 2 aromatic carbocycles. The third kappa shape index (κ3) is 6.10. The number of ether oxygens (including phenoxy) is 1. The first kappa shape index (κ1) is 21.0. The number of nitrogens with zero attached hydrogens (tertiary/aromatic N) is 1. The Morgan fingerprint density at radius 2 is 1.81 bits per heavy atom. The van der Waals surface area contributed by atoms with Crippen LogP contribution in [0.4, 0.5) is 0 Å². The second-order valence-corrected chi connectivity index (χ2v) is 7.19. The summed E-state index contributed by atoms with van der Waals surface area (Å²) in [5.41, 5.74) is 1.90. The van der Waals surface area contributed by atoms with Crippen LogP contribution in [-0.4, -0.2) is 35.9 Å². The molecule has 2 aromatic rings. The second-order valence-electron chi connectivity index (χ2n) is 6.27. The van der Waals surface area contributed by atoms with Gasteiger partial charge in [0.1, 0.15) is 11.8 Å². The van der Waals surface area contributed by atoms with Crippen molar-refractivity contribution in [2.75, 3.05) is 13.2 Å². The quantitative estimate of drug-likeness (QED) is 0.691. The lowest BCUT2D eigenvalue weighted by Crippen LogP contribution is -2.49. The Morgan fingerprint density at radius 1 is 1.15 bits per heavy atom. The lowest BCUT2D eigenvalue weighted by molar-refractivity contribution is -0.142. The van der Waals surface area contributed by atoms with Crippen molar-refractivity contribution in [3.63, 3.8) is 0 Å². The molecule has 0 saturated heterocycles. The number of carbonyl (C=O) groups excluding carboxylic acids is 2. The standard InChI is InChI=1S/C21H25BrN2O3/c1-4-23-21(26)16(3)24(13-17-9-11-18(22)12-10-17)20(25)14-27-19-8-6-5-7-15(19)2/h5-12,16H,4,13-14H2,1-3H3,(H,23,26)/t16-/m0/s1. The van der Waals surface area contributed by atoms with E-state index in [1.54, 1.807) is 11.8 Å². The molecule has 27 heavy (non-hydrogen) atoms. The van der Waals surface area contributed by atoms with Crippen molar-refractivity contribution in [3.05, 3.63) is 64.1 Å². The molecular weight excluding hydrogens is 408 g/mol. The van der Waals surface area contributed by atoms with Crippen molar-refractivity contribution in [2.45, 2.75) is 33.4 Å². The summed E-state index contributed by atoms with van der Waals surface area (Å²) in [6.07, 6.45) is 0. The Bertz CT molecular complexity index is 777. The number of hydrogen-bond donors (Lipinski definition) is 1. The molecule has 0 radical (unpaired) electrons. The molecule has 5 nitrogen and oxygen atoms in total. The first-order valence-electron chi connectivity index (χ1n) is 8.92. The van der Waals surface area contributed by atoms with E-state index in [2.05, 4.69) is 21.2 Å². The maximum Gasteiger partial charge on any atom is 0.261 e. The van der Waals surface area contributed by atoms with Crippen LogP contribution in [0.1, 0.15) is 25.0 Å². The van der Waals surface area contributed by atoms with E-state index in [-0.39, 0.29) is 18.4 Å². The first-order valence-corrected chi connectivity index (χ1v) is 9.71. The number of likely N-dealkylation sites (N-methyl/N-ethyl adjacent to an activating group) is 1. The number of halogens is 1. The summed E-state index contributed by atoms with van der Waals surface area (Å²) in [5, 5.41) is 2.78. The molecule has 0 heterocycles. The summed E-state index contributed by atoms with van der Waals surface area (Å²) in [6, 6.07) is 14.6. The number of para-hydroxylation sites is 1. The molecule has 2 amide bonds. The first-order chi connectivity index (χ1) is 12.9. The van der Waals surface area contributed by atoms with E-state index in [1.807, 2.05) is 62.4 Å². The van der Waals surface area contributed by atoms with Gasteiger partial charge in [-0.1, -0.05) is 46.3 Å². The summed E-state index contributed by atoms with van der Waals surface area (Å²) in [6.45, 7) is 6.24. The van der Waals surface area contributed by atoms with E-state index in [1.165, 1.54) is 0 Å². The van der Waals surface area contributed by atoms with Crippen LogP contribution in [0.15, 0.2) is 53.0 Å².